The Morgan fingerprint density at radius 2 is 1.97 bits per heavy atom. The van der Waals surface area contributed by atoms with Crippen LogP contribution in [-0.4, -0.2) is 89.5 Å². The van der Waals surface area contributed by atoms with Crippen LogP contribution in [0.4, 0.5) is 0 Å². The van der Waals surface area contributed by atoms with Crippen LogP contribution in [0.15, 0.2) is 48.6 Å². The fourth-order valence-corrected chi connectivity index (χ4v) is 8.63. The van der Waals surface area contributed by atoms with Crippen molar-refractivity contribution < 1.29 is 24.2 Å². The van der Waals surface area contributed by atoms with Gasteiger partial charge in [-0.3, -0.25) is 14.4 Å². The van der Waals surface area contributed by atoms with E-state index in [0.717, 1.165) is 23.9 Å². The minimum Gasteiger partial charge on any atom is -0.465 e. The molecule has 1 aromatic carbocycles. The number of esters is 1. The third-order valence-corrected chi connectivity index (χ3v) is 9.91. The number of allylic oxidation sites excluding steroid dienone is 1. The van der Waals surface area contributed by atoms with Gasteiger partial charge in [0.1, 0.15) is 18.2 Å². The van der Waals surface area contributed by atoms with Crippen LogP contribution >= 0.6 is 11.8 Å². The van der Waals surface area contributed by atoms with Crippen LogP contribution in [0.25, 0.3) is 11.0 Å². The Labute approximate surface area is 224 Å². The molecule has 200 valence electrons. The Balaban J connectivity index is 1.42. The second-order valence-electron chi connectivity index (χ2n) is 10.5. The first-order valence-corrected chi connectivity index (χ1v) is 13.9. The van der Waals surface area contributed by atoms with Crippen molar-refractivity contribution in [2.45, 2.75) is 48.4 Å². The predicted molar refractivity (Wildman–Crippen MR) is 141 cm³/mol. The van der Waals surface area contributed by atoms with E-state index < -0.39 is 27.4 Å². The minimum atomic E-state index is -0.940. The van der Waals surface area contributed by atoms with Gasteiger partial charge >= 0.3 is 5.97 Å². The van der Waals surface area contributed by atoms with Gasteiger partial charge in [0.15, 0.2) is 0 Å². The fourth-order valence-electron chi connectivity index (χ4n) is 6.47. The molecule has 1 N–H and O–H groups in total. The Hall–Kier alpha value is -3.18. The van der Waals surface area contributed by atoms with Gasteiger partial charge in [-0.25, -0.2) is 4.68 Å². The van der Waals surface area contributed by atoms with E-state index in [0.29, 0.717) is 19.6 Å². The van der Waals surface area contributed by atoms with Gasteiger partial charge in [-0.2, -0.15) is 0 Å². The maximum absolute atomic E-state index is 14.3. The summed E-state index contributed by atoms with van der Waals surface area (Å²) in [6.07, 6.45) is 9.86. The van der Waals surface area contributed by atoms with Gasteiger partial charge in [0.05, 0.1) is 28.7 Å². The van der Waals surface area contributed by atoms with E-state index in [2.05, 4.69) is 16.4 Å². The number of benzene rings is 1. The van der Waals surface area contributed by atoms with Gasteiger partial charge < -0.3 is 19.6 Å². The molecule has 4 aliphatic rings. The first-order valence-electron chi connectivity index (χ1n) is 13.1. The second kappa shape index (κ2) is 9.53. The topological polar surface area (TPSA) is 118 Å². The number of nitrogens with zero attached hydrogens (tertiary/aromatic N) is 5. The van der Waals surface area contributed by atoms with Crippen LogP contribution in [0.2, 0.25) is 0 Å². The molecule has 10 nitrogen and oxygen atoms in total. The van der Waals surface area contributed by atoms with E-state index >= 15 is 0 Å². The monoisotopic (exact) mass is 537 g/mol. The summed E-state index contributed by atoms with van der Waals surface area (Å²) in [5.41, 5.74) is 1.55. The normalized spacial score (nSPS) is 33.7. The molecule has 6 rings (SSSR count). The Morgan fingerprint density at radius 3 is 2.82 bits per heavy atom. The van der Waals surface area contributed by atoms with Crippen LogP contribution in [0.3, 0.4) is 0 Å². The van der Waals surface area contributed by atoms with Crippen molar-refractivity contribution in [2.24, 2.45) is 11.8 Å². The molecule has 5 heterocycles. The van der Waals surface area contributed by atoms with Crippen molar-refractivity contribution in [3.05, 3.63) is 48.6 Å². The molecule has 0 saturated carbocycles. The number of aliphatic hydroxyl groups is 1. The number of para-hydroxylation sites is 1. The average molecular weight is 538 g/mol. The van der Waals surface area contributed by atoms with Crippen molar-refractivity contribution in [3.8, 4) is 0 Å². The molecule has 4 aliphatic heterocycles. The highest BCUT2D eigenvalue weighted by Crippen LogP contribution is 2.65. The molecule has 2 amide bonds. The standard InChI is InChI=1S/C27H31N5O5S/c1-26-11-5-2-6-16-37-25(36)21(26)20-23(34)31(14-8-15-33)22-24(35)30(13-7-12-27(20,22)38-26)17-32-19-10-4-3-9-18(19)28-29-32/h3-5,7,9-12,20-22,33H,2,6,8,13-17H2,1H3/b11-5-/t20-,21-,22?,26+,27-/m0/s1. The van der Waals surface area contributed by atoms with Gasteiger partial charge in [-0.15, -0.1) is 16.9 Å². The van der Waals surface area contributed by atoms with Crippen LogP contribution < -0.4 is 0 Å². The van der Waals surface area contributed by atoms with Crippen LogP contribution in [0.5, 0.6) is 0 Å². The quantitative estimate of drug-likeness (QED) is 0.453. The summed E-state index contributed by atoms with van der Waals surface area (Å²) in [7, 11) is 0. The Kier molecular flexibility index (Phi) is 6.30. The lowest BCUT2D eigenvalue weighted by Gasteiger charge is -2.36. The molecule has 0 aliphatic carbocycles. The second-order valence-corrected chi connectivity index (χ2v) is 12.3. The first kappa shape index (κ1) is 25.1. The number of aromatic nitrogens is 3. The van der Waals surface area contributed by atoms with E-state index in [1.165, 1.54) is 11.8 Å². The highest BCUT2D eigenvalue weighted by Gasteiger charge is 2.73. The maximum atomic E-state index is 14.3. The van der Waals surface area contributed by atoms with Crippen molar-refractivity contribution >= 4 is 40.6 Å². The summed E-state index contributed by atoms with van der Waals surface area (Å²) in [5, 5.41) is 18.0. The third-order valence-electron chi connectivity index (χ3n) is 8.12. The number of cyclic esters (lactones) is 1. The van der Waals surface area contributed by atoms with Crippen LogP contribution in [0, 0.1) is 11.8 Å². The van der Waals surface area contributed by atoms with Crippen molar-refractivity contribution in [1.29, 1.82) is 0 Å². The van der Waals surface area contributed by atoms with Gasteiger partial charge in [-0.05, 0) is 38.3 Å². The number of likely N-dealkylation sites (tertiary alicyclic amines) is 1. The summed E-state index contributed by atoms with van der Waals surface area (Å²) in [5.74, 6) is -2.30. The molecule has 0 bridgehead atoms. The fraction of sp³-hybridized carbons (Fsp3) is 0.519. The zero-order valence-electron chi connectivity index (χ0n) is 21.2. The number of carbonyl (C=O) groups excluding carboxylic acids is 3. The largest absolute Gasteiger partial charge is 0.465 e. The minimum absolute atomic E-state index is 0.105. The zero-order chi connectivity index (χ0) is 26.5. The van der Waals surface area contributed by atoms with Crippen LogP contribution in [-0.2, 0) is 25.8 Å². The lowest BCUT2D eigenvalue weighted by Crippen LogP contribution is -2.53. The van der Waals surface area contributed by atoms with Crippen molar-refractivity contribution in [3.63, 3.8) is 0 Å². The molecular formula is C27H31N5O5S. The lowest BCUT2D eigenvalue weighted by molar-refractivity contribution is -0.154. The lowest BCUT2D eigenvalue weighted by atomic mass is 9.74. The molecule has 1 unspecified atom stereocenters. The average Bonchev–Trinajstić information content (AvgIpc) is 3.47. The zero-order valence-corrected chi connectivity index (χ0v) is 22.0. The summed E-state index contributed by atoms with van der Waals surface area (Å²) >= 11 is 1.52. The molecule has 0 radical (unpaired) electrons. The van der Waals surface area contributed by atoms with Gasteiger partial charge in [0.25, 0.3) is 0 Å². The van der Waals surface area contributed by atoms with Crippen molar-refractivity contribution in [2.75, 3.05) is 26.3 Å². The molecule has 1 spiro atoms. The molecule has 2 saturated heterocycles. The van der Waals surface area contributed by atoms with E-state index in [1.54, 1.807) is 14.5 Å². The van der Waals surface area contributed by atoms with Gasteiger partial charge in [-0.1, -0.05) is 41.7 Å². The van der Waals surface area contributed by atoms with E-state index in [-0.39, 0.29) is 37.6 Å². The SMILES string of the molecule is C[C@@]12/C=C\CCCOC(=O)[C@@H]1[C@H]1C(=O)N(CCCO)C3C(=O)N(Cn4nnc5ccccc54)CC=C[C@@]31S2. The van der Waals surface area contributed by atoms with Crippen molar-refractivity contribution in [1.82, 2.24) is 24.8 Å². The summed E-state index contributed by atoms with van der Waals surface area (Å²) < 4.78 is 5.68. The van der Waals surface area contributed by atoms with Gasteiger partial charge in [0, 0.05) is 24.4 Å². The third kappa shape index (κ3) is 3.78. The Morgan fingerprint density at radius 1 is 1.13 bits per heavy atom. The highest BCUT2D eigenvalue weighted by atomic mass is 32.2. The molecule has 11 heteroatoms. The van der Waals surface area contributed by atoms with E-state index in [9.17, 15) is 19.5 Å². The highest BCUT2D eigenvalue weighted by molar-refractivity contribution is 8.02. The van der Waals surface area contributed by atoms with Crippen LogP contribution in [0.1, 0.15) is 26.2 Å². The van der Waals surface area contributed by atoms with Gasteiger partial charge in [0.2, 0.25) is 11.8 Å². The number of thioether (sulfide) groups is 1. The number of carbonyl (C=O) groups is 3. The van der Waals surface area contributed by atoms with E-state index in [1.807, 2.05) is 49.4 Å². The molecule has 1 aromatic heterocycles. The predicted octanol–water partition coefficient (Wildman–Crippen LogP) is 1.75. The summed E-state index contributed by atoms with van der Waals surface area (Å²) in [6, 6.07) is 6.74. The first-order chi connectivity index (χ1) is 18.4. The number of ether oxygens (including phenoxy) is 1. The summed E-state index contributed by atoms with van der Waals surface area (Å²) in [6.45, 7) is 2.92. The molecule has 5 atom stereocenters. The summed E-state index contributed by atoms with van der Waals surface area (Å²) in [4.78, 5) is 45.2. The molecular weight excluding hydrogens is 506 g/mol. The molecule has 38 heavy (non-hydrogen) atoms. The molecule has 2 fully saturated rings. The number of fused-ring (bicyclic) bond motifs is 3. The Bertz CT molecular complexity index is 1340. The smallest absolute Gasteiger partial charge is 0.311 e. The number of hydrogen-bond donors (Lipinski definition) is 1. The number of amides is 2. The molecule has 2 aromatic rings. The number of aliphatic hydroxyl groups excluding tert-OH is 1. The maximum Gasteiger partial charge on any atom is 0.311 e. The van der Waals surface area contributed by atoms with E-state index in [4.69, 9.17) is 4.74 Å². The number of rotatable bonds is 5. The number of hydrogen-bond acceptors (Lipinski definition) is 8.